The molecule has 1 amide bonds. The van der Waals surface area contributed by atoms with Gasteiger partial charge >= 0.3 is 0 Å². The number of piperidine rings is 1. The highest BCUT2D eigenvalue weighted by atomic mass is 35.5. The molecule has 5 heteroatoms. The topological polar surface area (TPSA) is 41.1 Å². The van der Waals surface area contributed by atoms with Crippen molar-refractivity contribution in [3.05, 3.63) is 22.4 Å². The molecule has 108 valence electrons. The third kappa shape index (κ3) is 5.51. The summed E-state index contributed by atoms with van der Waals surface area (Å²) in [5.74, 6) is 0.755. The summed E-state index contributed by atoms with van der Waals surface area (Å²) in [7, 11) is 0. The maximum Gasteiger partial charge on any atom is 0.220 e. The van der Waals surface area contributed by atoms with Gasteiger partial charge in [-0.25, -0.2) is 0 Å². The summed E-state index contributed by atoms with van der Waals surface area (Å²) in [5, 5.41) is 8.61. The summed E-state index contributed by atoms with van der Waals surface area (Å²) in [5.41, 5.74) is 0. The number of hydrogen-bond donors (Lipinski definition) is 2. The first-order chi connectivity index (χ1) is 8.75. The number of thiophene rings is 1. The lowest BCUT2D eigenvalue weighted by Gasteiger charge is -2.30. The van der Waals surface area contributed by atoms with Crippen molar-refractivity contribution in [1.29, 1.82) is 0 Å². The second-order valence-corrected chi connectivity index (χ2v) is 6.11. The molecule has 2 unspecified atom stereocenters. The molecule has 1 aliphatic rings. The van der Waals surface area contributed by atoms with Crippen LogP contribution < -0.4 is 10.6 Å². The molecule has 0 aliphatic carbocycles. The molecule has 0 saturated carbocycles. The molecule has 0 radical (unpaired) electrons. The number of amides is 1. The van der Waals surface area contributed by atoms with E-state index < -0.39 is 0 Å². The second kappa shape index (κ2) is 8.56. The molecule has 2 N–H and O–H groups in total. The van der Waals surface area contributed by atoms with Crippen molar-refractivity contribution >= 4 is 29.7 Å². The third-order valence-electron chi connectivity index (χ3n) is 3.54. The average Bonchev–Trinajstić information content (AvgIpc) is 2.85. The van der Waals surface area contributed by atoms with E-state index in [0.717, 1.165) is 32.4 Å². The number of carbonyl (C=O) groups excluding carboxylic acids is 1. The van der Waals surface area contributed by atoms with E-state index in [1.54, 1.807) is 11.3 Å². The molecular weight excluding hydrogens is 280 g/mol. The molecule has 3 nitrogen and oxygen atoms in total. The fourth-order valence-electron chi connectivity index (χ4n) is 2.39. The fraction of sp³-hybridized carbons (Fsp3) is 0.643. The predicted molar refractivity (Wildman–Crippen MR) is 83.1 cm³/mol. The summed E-state index contributed by atoms with van der Waals surface area (Å²) in [6.45, 7) is 4.23. The Morgan fingerprint density at radius 1 is 1.58 bits per heavy atom. The zero-order valence-electron chi connectivity index (χ0n) is 11.4. The molecule has 1 aromatic heterocycles. The van der Waals surface area contributed by atoms with E-state index in [9.17, 15) is 4.79 Å². The van der Waals surface area contributed by atoms with Gasteiger partial charge in [0, 0.05) is 17.3 Å². The SMILES string of the molecule is CC1CNCCC1NC(=O)CCCc1cccs1.Cl. The van der Waals surface area contributed by atoms with Crippen molar-refractivity contribution in [3.8, 4) is 0 Å². The van der Waals surface area contributed by atoms with E-state index >= 15 is 0 Å². The zero-order valence-corrected chi connectivity index (χ0v) is 13.0. The highest BCUT2D eigenvalue weighted by Gasteiger charge is 2.22. The zero-order chi connectivity index (χ0) is 12.8. The number of halogens is 1. The van der Waals surface area contributed by atoms with Gasteiger partial charge in [-0.2, -0.15) is 0 Å². The van der Waals surface area contributed by atoms with Gasteiger partial charge in [0.25, 0.3) is 0 Å². The Morgan fingerprint density at radius 2 is 2.42 bits per heavy atom. The van der Waals surface area contributed by atoms with Crippen molar-refractivity contribution in [1.82, 2.24) is 10.6 Å². The lowest BCUT2D eigenvalue weighted by Crippen LogP contribution is -2.48. The van der Waals surface area contributed by atoms with Crippen LogP contribution in [0.1, 0.15) is 31.1 Å². The molecule has 0 bridgehead atoms. The van der Waals surface area contributed by atoms with Gasteiger partial charge in [0.1, 0.15) is 0 Å². The van der Waals surface area contributed by atoms with E-state index in [1.807, 2.05) is 0 Å². The summed E-state index contributed by atoms with van der Waals surface area (Å²) in [6.07, 6.45) is 3.67. The van der Waals surface area contributed by atoms with Gasteiger partial charge in [-0.05, 0) is 49.7 Å². The van der Waals surface area contributed by atoms with Crippen molar-refractivity contribution in [2.75, 3.05) is 13.1 Å². The molecule has 1 saturated heterocycles. The standard InChI is InChI=1S/C14H22N2OS.ClH/c1-11-10-15-8-7-13(11)16-14(17)6-2-4-12-5-3-9-18-12;/h3,5,9,11,13,15H,2,4,6-8,10H2,1H3,(H,16,17);1H. The first-order valence-corrected chi connectivity index (χ1v) is 7.66. The van der Waals surface area contributed by atoms with Crippen molar-refractivity contribution in [3.63, 3.8) is 0 Å². The first-order valence-electron chi connectivity index (χ1n) is 6.78. The Morgan fingerprint density at radius 3 is 3.11 bits per heavy atom. The Hall–Kier alpha value is -0.580. The first kappa shape index (κ1) is 16.5. The van der Waals surface area contributed by atoms with Gasteiger partial charge in [0.2, 0.25) is 5.91 Å². The third-order valence-corrected chi connectivity index (χ3v) is 4.47. The average molecular weight is 303 g/mol. The largest absolute Gasteiger partial charge is 0.353 e. The number of aryl methyl sites for hydroxylation is 1. The maximum absolute atomic E-state index is 11.9. The van der Waals surface area contributed by atoms with Crippen LogP contribution in [-0.4, -0.2) is 25.0 Å². The van der Waals surface area contributed by atoms with Gasteiger partial charge in [-0.1, -0.05) is 13.0 Å². The van der Waals surface area contributed by atoms with Crippen LogP contribution in [0.25, 0.3) is 0 Å². The predicted octanol–water partition coefficient (Wildman–Crippen LogP) is 2.61. The molecule has 1 fully saturated rings. The molecule has 19 heavy (non-hydrogen) atoms. The molecule has 1 aliphatic heterocycles. The van der Waals surface area contributed by atoms with E-state index in [1.165, 1.54) is 4.88 Å². The Labute approximate surface area is 125 Å². The van der Waals surface area contributed by atoms with E-state index in [4.69, 9.17) is 0 Å². The minimum Gasteiger partial charge on any atom is -0.353 e. The van der Waals surface area contributed by atoms with Crippen molar-refractivity contribution in [2.24, 2.45) is 5.92 Å². The summed E-state index contributed by atoms with van der Waals surface area (Å²) in [4.78, 5) is 13.2. The van der Waals surface area contributed by atoms with E-state index in [0.29, 0.717) is 18.4 Å². The molecule has 2 rings (SSSR count). The lowest BCUT2D eigenvalue weighted by atomic mass is 9.95. The number of rotatable bonds is 5. The van der Waals surface area contributed by atoms with Crippen LogP contribution in [-0.2, 0) is 11.2 Å². The highest BCUT2D eigenvalue weighted by Crippen LogP contribution is 2.13. The molecule has 2 atom stereocenters. The van der Waals surface area contributed by atoms with Crippen LogP contribution in [0.3, 0.4) is 0 Å². The monoisotopic (exact) mass is 302 g/mol. The maximum atomic E-state index is 11.9. The molecule has 0 aromatic carbocycles. The fourth-order valence-corrected chi connectivity index (χ4v) is 3.14. The quantitative estimate of drug-likeness (QED) is 0.878. The lowest BCUT2D eigenvalue weighted by molar-refractivity contribution is -0.122. The number of hydrogen-bond acceptors (Lipinski definition) is 3. The summed E-state index contributed by atoms with van der Waals surface area (Å²) in [6, 6.07) is 4.56. The van der Waals surface area contributed by atoms with Crippen LogP contribution in [0.2, 0.25) is 0 Å². The van der Waals surface area contributed by atoms with Crippen LogP contribution in [0.15, 0.2) is 17.5 Å². The van der Waals surface area contributed by atoms with Gasteiger partial charge in [0.05, 0.1) is 0 Å². The van der Waals surface area contributed by atoms with Gasteiger partial charge < -0.3 is 10.6 Å². The Bertz CT molecular complexity index is 370. The highest BCUT2D eigenvalue weighted by molar-refractivity contribution is 7.09. The normalized spacial score (nSPS) is 22.6. The number of carbonyl (C=O) groups is 1. The smallest absolute Gasteiger partial charge is 0.220 e. The van der Waals surface area contributed by atoms with E-state index in [2.05, 4.69) is 35.1 Å². The van der Waals surface area contributed by atoms with Crippen molar-refractivity contribution < 1.29 is 4.79 Å². The Balaban J connectivity index is 0.00000180. The van der Waals surface area contributed by atoms with Crippen molar-refractivity contribution in [2.45, 2.75) is 38.6 Å². The van der Waals surface area contributed by atoms with Gasteiger partial charge in [0.15, 0.2) is 0 Å². The minimum absolute atomic E-state index is 0. The molecule has 0 spiro atoms. The van der Waals surface area contributed by atoms with Crippen LogP contribution in [0, 0.1) is 5.92 Å². The van der Waals surface area contributed by atoms with Crippen LogP contribution >= 0.6 is 23.7 Å². The van der Waals surface area contributed by atoms with E-state index in [-0.39, 0.29) is 18.3 Å². The molecule has 2 heterocycles. The minimum atomic E-state index is 0. The van der Waals surface area contributed by atoms with Crippen LogP contribution in [0.4, 0.5) is 0 Å². The molecular formula is C14H23ClN2OS. The summed E-state index contributed by atoms with van der Waals surface area (Å²) >= 11 is 1.77. The van der Waals surface area contributed by atoms with Gasteiger partial charge in [-0.3, -0.25) is 4.79 Å². The van der Waals surface area contributed by atoms with Crippen LogP contribution in [0.5, 0.6) is 0 Å². The summed E-state index contributed by atoms with van der Waals surface area (Å²) < 4.78 is 0. The van der Waals surface area contributed by atoms with Gasteiger partial charge in [-0.15, -0.1) is 23.7 Å². The Kier molecular flexibility index (Phi) is 7.42. The number of nitrogens with one attached hydrogen (secondary N) is 2. The molecule has 1 aromatic rings. The second-order valence-electron chi connectivity index (χ2n) is 5.08.